The molecule has 5 heteroatoms. The Morgan fingerprint density at radius 1 is 2.00 bits per heavy atom. The smallest absolute Gasteiger partial charge is 0.298 e. The van der Waals surface area contributed by atoms with E-state index in [1.54, 1.807) is 0 Å². The molecule has 3 nitrogen and oxygen atoms in total. The first-order valence-corrected chi connectivity index (χ1v) is 2.10. The predicted molar refractivity (Wildman–Crippen MR) is 19.6 cm³/mol. The van der Waals surface area contributed by atoms with Crippen LogP contribution in [0.4, 0.5) is 4.39 Å². The van der Waals surface area contributed by atoms with E-state index in [0.717, 1.165) is 0 Å². The fourth-order valence-electron chi connectivity index (χ4n) is 0. The lowest BCUT2D eigenvalue weighted by molar-refractivity contribution is 0.570. The van der Waals surface area contributed by atoms with E-state index < -0.39 is 16.4 Å². The molecule has 0 aromatic rings. The van der Waals surface area contributed by atoms with Crippen molar-refractivity contribution in [3.63, 3.8) is 0 Å². The number of halogens is 1. The highest BCUT2D eigenvalue weighted by molar-refractivity contribution is 7.94. The summed E-state index contributed by atoms with van der Waals surface area (Å²) >= 11 is -2.70. The summed E-state index contributed by atoms with van der Waals surface area (Å²) in [4.78, 5) is 0. The van der Waals surface area contributed by atoms with Crippen LogP contribution >= 0.6 is 0 Å². The number of hydrogen-bond donors (Lipinski definition) is 2. The van der Waals surface area contributed by atoms with Crippen molar-refractivity contribution in [2.45, 2.75) is 0 Å². The SMILES string of the molecule is N=C(F)S(=O)O. The van der Waals surface area contributed by atoms with Crippen molar-refractivity contribution < 1.29 is 13.2 Å². The summed E-state index contributed by atoms with van der Waals surface area (Å²) in [5, 5.41) is 4.02. The number of nitrogens with one attached hydrogen (secondary N) is 1. The first-order chi connectivity index (χ1) is 2.64. The van der Waals surface area contributed by atoms with E-state index in [1.807, 2.05) is 0 Å². The maximum absolute atomic E-state index is 10.9. The lowest BCUT2D eigenvalue weighted by atomic mass is 11.6. The average Bonchev–Trinajstić information content (AvgIpc) is 1.36. The molecular weight excluding hydrogens is 109 g/mol. The molecule has 0 heterocycles. The highest BCUT2D eigenvalue weighted by Crippen LogP contribution is 1.75. The van der Waals surface area contributed by atoms with E-state index in [-0.39, 0.29) is 0 Å². The first-order valence-electron chi connectivity index (χ1n) is 0.992. The molecule has 0 saturated heterocycles. The maximum atomic E-state index is 10.9. The largest absolute Gasteiger partial charge is 0.299 e. The summed E-state index contributed by atoms with van der Waals surface area (Å²) in [5.74, 6) is 0. The van der Waals surface area contributed by atoms with Crippen molar-refractivity contribution in [1.82, 2.24) is 0 Å². The molecule has 2 N–H and O–H groups in total. The van der Waals surface area contributed by atoms with Gasteiger partial charge in [-0.15, -0.1) is 0 Å². The van der Waals surface area contributed by atoms with Crippen LogP contribution in [0, 0.1) is 5.41 Å². The first kappa shape index (κ1) is 5.71. The molecule has 0 rings (SSSR count). The molecule has 0 radical (unpaired) electrons. The third-order valence-electron chi connectivity index (χ3n) is 0.153. The Labute approximate surface area is 36.0 Å². The topological polar surface area (TPSA) is 61.2 Å². The van der Waals surface area contributed by atoms with Gasteiger partial charge >= 0.3 is 0 Å². The third-order valence-corrected chi connectivity index (χ3v) is 0.460. The molecule has 0 fully saturated rings. The van der Waals surface area contributed by atoms with Crippen LogP contribution in [0.5, 0.6) is 0 Å². The van der Waals surface area contributed by atoms with Gasteiger partial charge < -0.3 is 0 Å². The lowest BCUT2D eigenvalue weighted by Gasteiger charge is -1.74. The normalized spacial score (nSPS) is 13.7. The summed E-state index contributed by atoms with van der Waals surface area (Å²) in [6, 6.07) is 0. The monoisotopic (exact) mass is 111 g/mol. The molecule has 0 aromatic carbocycles. The fraction of sp³-hybridized carbons (Fsp3) is 0. The number of rotatable bonds is 0. The van der Waals surface area contributed by atoms with Crippen molar-refractivity contribution in [2.75, 3.05) is 0 Å². The molecule has 0 aliphatic carbocycles. The summed E-state index contributed by atoms with van der Waals surface area (Å²) in [7, 11) is 0. The molecule has 0 aliphatic rings. The van der Waals surface area contributed by atoms with Crippen molar-refractivity contribution in [1.29, 1.82) is 5.41 Å². The van der Waals surface area contributed by atoms with E-state index in [4.69, 9.17) is 9.96 Å². The molecule has 0 spiro atoms. The molecule has 1 unspecified atom stereocenters. The van der Waals surface area contributed by atoms with E-state index in [2.05, 4.69) is 0 Å². The second kappa shape index (κ2) is 1.99. The molecule has 0 amide bonds. The van der Waals surface area contributed by atoms with Crippen LogP contribution in [-0.4, -0.2) is 14.1 Å². The van der Waals surface area contributed by atoms with Crippen molar-refractivity contribution in [2.24, 2.45) is 0 Å². The lowest BCUT2D eigenvalue weighted by Crippen LogP contribution is -1.94. The average molecular weight is 111 g/mol. The van der Waals surface area contributed by atoms with Gasteiger partial charge in [-0.05, 0) is 0 Å². The van der Waals surface area contributed by atoms with Gasteiger partial charge in [0.15, 0.2) is 0 Å². The third kappa shape index (κ3) is 1.98. The van der Waals surface area contributed by atoms with Gasteiger partial charge in [0.1, 0.15) is 0 Å². The fourth-order valence-corrected chi connectivity index (χ4v) is 0. The summed E-state index contributed by atoms with van der Waals surface area (Å²) in [6.07, 6.45) is 0. The zero-order chi connectivity index (χ0) is 5.15. The van der Waals surface area contributed by atoms with Gasteiger partial charge in [-0.3, -0.25) is 9.96 Å². The van der Waals surface area contributed by atoms with Crippen LogP contribution in [0.3, 0.4) is 0 Å². The van der Waals surface area contributed by atoms with Gasteiger partial charge in [0, 0.05) is 0 Å². The minimum Gasteiger partial charge on any atom is -0.299 e. The summed E-state index contributed by atoms with van der Waals surface area (Å²) in [5.41, 5.74) is 0. The Bertz CT molecular complexity index is 79.5. The molecule has 1 atom stereocenters. The van der Waals surface area contributed by atoms with Crippen molar-refractivity contribution >= 4 is 16.4 Å². The quantitative estimate of drug-likeness (QED) is 0.265. The Balaban J connectivity index is 3.57. The Kier molecular flexibility index (Phi) is 1.89. The molecular formula is CH2FNO2S. The molecule has 0 bridgehead atoms. The zero-order valence-corrected chi connectivity index (χ0v) is 3.46. The van der Waals surface area contributed by atoms with Gasteiger partial charge in [0.05, 0.1) is 0 Å². The minimum absolute atomic E-state index is 1.71. The van der Waals surface area contributed by atoms with Gasteiger partial charge in [-0.1, -0.05) is 0 Å². The van der Waals surface area contributed by atoms with E-state index >= 15 is 0 Å². The van der Waals surface area contributed by atoms with Crippen LogP contribution in [0.1, 0.15) is 0 Å². The predicted octanol–water partition coefficient (Wildman–Crippen LogP) is 0.112. The van der Waals surface area contributed by atoms with E-state index in [9.17, 15) is 8.60 Å². The highest BCUT2D eigenvalue weighted by atomic mass is 32.2. The van der Waals surface area contributed by atoms with E-state index in [0.29, 0.717) is 0 Å². The van der Waals surface area contributed by atoms with Crippen LogP contribution in [-0.2, 0) is 11.1 Å². The molecule has 0 aromatic heterocycles. The van der Waals surface area contributed by atoms with Gasteiger partial charge in [0.2, 0.25) is 11.1 Å². The summed E-state index contributed by atoms with van der Waals surface area (Å²) < 4.78 is 27.6. The van der Waals surface area contributed by atoms with Crippen LogP contribution < -0.4 is 0 Å². The van der Waals surface area contributed by atoms with Gasteiger partial charge in [-0.2, -0.15) is 4.39 Å². The number of hydrogen-bond acceptors (Lipinski definition) is 2. The van der Waals surface area contributed by atoms with Crippen molar-refractivity contribution in [3.8, 4) is 0 Å². The standard InChI is InChI=1S/CH2FNO2S/c2-1(3)6(4)5/h3H,(H,4,5). The van der Waals surface area contributed by atoms with Gasteiger partial charge in [-0.25, -0.2) is 4.21 Å². The van der Waals surface area contributed by atoms with Crippen LogP contribution in [0.15, 0.2) is 0 Å². The second-order valence-electron chi connectivity index (χ2n) is 0.523. The summed E-state index contributed by atoms with van der Waals surface area (Å²) in [6.45, 7) is 0. The van der Waals surface area contributed by atoms with Gasteiger partial charge in [0.25, 0.3) is 5.30 Å². The second-order valence-corrected chi connectivity index (χ2v) is 1.38. The molecule has 0 saturated carbocycles. The van der Waals surface area contributed by atoms with Crippen LogP contribution in [0.2, 0.25) is 0 Å². The van der Waals surface area contributed by atoms with Crippen molar-refractivity contribution in [3.05, 3.63) is 0 Å². The molecule has 6 heavy (non-hydrogen) atoms. The Hall–Kier alpha value is -0.290. The highest BCUT2D eigenvalue weighted by Gasteiger charge is 1.95. The zero-order valence-electron chi connectivity index (χ0n) is 2.64. The Morgan fingerprint density at radius 3 is 2.17 bits per heavy atom. The maximum Gasteiger partial charge on any atom is 0.298 e. The van der Waals surface area contributed by atoms with E-state index in [1.165, 1.54) is 0 Å². The molecule has 36 valence electrons. The molecule has 0 aliphatic heterocycles. The Morgan fingerprint density at radius 2 is 2.17 bits per heavy atom. The minimum atomic E-state index is -2.70. The van der Waals surface area contributed by atoms with Crippen LogP contribution in [0.25, 0.3) is 0 Å².